The van der Waals surface area contributed by atoms with Crippen LogP contribution in [0.1, 0.15) is 10.5 Å². The van der Waals surface area contributed by atoms with Gasteiger partial charge in [-0.2, -0.15) is 5.10 Å². The second-order valence-corrected chi connectivity index (χ2v) is 5.33. The molecule has 1 amide bonds. The number of halogens is 1. The Balaban J connectivity index is 1.70. The van der Waals surface area contributed by atoms with Gasteiger partial charge in [0.25, 0.3) is 5.91 Å². The minimum atomic E-state index is -0.360. The van der Waals surface area contributed by atoms with Gasteiger partial charge in [-0.3, -0.25) is 4.79 Å². The summed E-state index contributed by atoms with van der Waals surface area (Å²) in [5, 5.41) is 16.7. The van der Waals surface area contributed by atoms with Gasteiger partial charge in [0, 0.05) is 18.0 Å². The average Bonchev–Trinajstić information content (AvgIpc) is 3.03. The Hall–Kier alpha value is -2.99. The second-order valence-electron chi connectivity index (χ2n) is 4.92. The molecule has 0 saturated heterocycles. The van der Waals surface area contributed by atoms with Gasteiger partial charge in [-0.15, -0.1) is 0 Å². The van der Waals surface area contributed by atoms with Crippen molar-refractivity contribution in [2.75, 3.05) is 5.32 Å². The molecule has 0 aliphatic rings. The Kier molecular flexibility index (Phi) is 4.67. The zero-order valence-corrected chi connectivity index (χ0v) is 13.3. The third-order valence-electron chi connectivity index (χ3n) is 3.23. The van der Waals surface area contributed by atoms with E-state index in [9.17, 15) is 9.90 Å². The minimum Gasteiger partial charge on any atom is -0.508 e. The lowest BCUT2D eigenvalue weighted by Crippen LogP contribution is -2.19. The van der Waals surface area contributed by atoms with Crippen molar-refractivity contribution in [2.45, 2.75) is 6.73 Å². The predicted molar refractivity (Wildman–Crippen MR) is 90.4 cm³/mol. The maximum absolute atomic E-state index is 12.4. The average molecular weight is 344 g/mol. The van der Waals surface area contributed by atoms with E-state index < -0.39 is 0 Å². The summed E-state index contributed by atoms with van der Waals surface area (Å²) in [5.74, 6) is 0.221. The number of hydrogen-bond acceptors (Lipinski definition) is 4. The fraction of sp³-hybridized carbons (Fsp3) is 0.0588. The lowest BCUT2D eigenvalue weighted by molar-refractivity contribution is 0.100. The molecule has 3 aromatic rings. The molecule has 0 aliphatic heterocycles. The molecular weight excluding hydrogens is 330 g/mol. The normalized spacial score (nSPS) is 10.4. The fourth-order valence-corrected chi connectivity index (χ4v) is 2.29. The molecule has 0 fully saturated rings. The fourth-order valence-electron chi connectivity index (χ4n) is 2.10. The van der Waals surface area contributed by atoms with Crippen LogP contribution in [-0.2, 0) is 6.73 Å². The zero-order chi connectivity index (χ0) is 16.9. The predicted octanol–water partition coefficient (Wildman–Crippen LogP) is 3.53. The Bertz CT molecular complexity index is 864. The Morgan fingerprint density at radius 2 is 2.04 bits per heavy atom. The van der Waals surface area contributed by atoms with Crippen LogP contribution in [-0.4, -0.2) is 20.8 Å². The topological polar surface area (TPSA) is 76.4 Å². The molecule has 0 unspecified atom stereocenters. The molecule has 0 atom stereocenters. The van der Waals surface area contributed by atoms with Crippen LogP contribution >= 0.6 is 11.6 Å². The van der Waals surface area contributed by atoms with Crippen molar-refractivity contribution in [3.05, 3.63) is 71.5 Å². The van der Waals surface area contributed by atoms with Crippen LogP contribution in [0.3, 0.4) is 0 Å². The van der Waals surface area contributed by atoms with Gasteiger partial charge in [-0.1, -0.05) is 29.8 Å². The first kappa shape index (κ1) is 15.9. The summed E-state index contributed by atoms with van der Waals surface area (Å²) in [4.78, 5) is 12.4. The standard InChI is InChI=1S/C17H14ClN3O3/c18-14-6-1-2-7-16(14)24-11-21-15(8-9-19-21)17(23)20-12-4-3-5-13(22)10-12/h1-10,22H,11H2,(H,20,23). The molecule has 2 N–H and O–H groups in total. The van der Waals surface area contributed by atoms with Gasteiger partial charge in [-0.25, -0.2) is 4.68 Å². The first-order chi connectivity index (χ1) is 11.6. The Labute approximate surface area is 143 Å². The monoisotopic (exact) mass is 343 g/mol. The molecule has 0 radical (unpaired) electrons. The minimum absolute atomic E-state index is 0.0412. The lowest BCUT2D eigenvalue weighted by atomic mass is 10.3. The number of rotatable bonds is 5. The van der Waals surface area contributed by atoms with Crippen molar-refractivity contribution < 1.29 is 14.6 Å². The summed E-state index contributed by atoms with van der Waals surface area (Å²) < 4.78 is 7.01. The van der Waals surface area contributed by atoms with E-state index in [-0.39, 0.29) is 18.4 Å². The van der Waals surface area contributed by atoms with Crippen molar-refractivity contribution in [1.29, 1.82) is 0 Å². The summed E-state index contributed by atoms with van der Waals surface area (Å²) in [6.45, 7) is 0.0412. The highest BCUT2D eigenvalue weighted by atomic mass is 35.5. The first-order valence-electron chi connectivity index (χ1n) is 7.13. The number of nitrogens with zero attached hydrogens (tertiary/aromatic N) is 2. The van der Waals surface area contributed by atoms with E-state index in [1.807, 2.05) is 0 Å². The molecule has 122 valence electrons. The smallest absolute Gasteiger partial charge is 0.274 e. The van der Waals surface area contributed by atoms with Crippen LogP contribution in [0.15, 0.2) is 60.8 Å². The molecule has 7 heteroatoms. The van der Waals surface area contributed by atoms with E-state index in [2.05, 4.69) is 10.4 Å². The van der Waals surface area contributed by atoms with Gasteiger partial charge < -0.3 is 15.2 Å². The van der Waals surface area contributed by atoms with Crippen molar-refractivity contribution in [1.82, 2.24) is 9.78 Å². The van der Waals surface area contributed by atoms with Crippen molar-refractivity contribution >= 4 is 23.2 Å². The number of phenolic OH excluding ortho intramolecular Hbond substituents is 1. The molecule has 24 heavy (non-hydrogen) atoms. The Morgan fingerprint density at radius 1 is 1.21 bits per heavy atom. The van der Waals surface area contributed by atoms with Gasteiger partial charge >= 0.3 is 0 Å². The molecule has 6 nitrogen and oxygen atoms in total. The van der Waals surface area contributed by atoms with Gasteiger partial charge in [0.05, 0.1) is 5.02 Å². The maximum atomic E-state index is 12.4. The number of carbonyl (C=O) groups is 1. The second kappa shape index (κ2) is 7.06. The molecule has 1 aromatic heterocycles. The number of hydrogen-bond donors (Lipinski definition) is 2. The number of amides is 1. The van der Waals surface area contributed by atoms with Crippen LogP contribution in [0.25, 0.3) is 0 Å². The summed E-state index contributed by atoms with van der Waals surface area (Å²) >= 11 is 6.03. The van der Waals surface area contributed by atoms with Crippen LogP contribution in [0, 0.1) is 0 Å². The highest BCUT2D eigenvalue weighted by Crippen LogP contribution is 2.23. The number of aromatic hydroxyl groups is 1. The third kappa shape index (κ3) is 3.67. The quantitative estimate of drug-likeness (QED) is 0.743. The molecule has 2 aromatic carbocycles. The van der Waals surface area contributed by atoms with E-state index in [4.69, 9.17) is 16.3 Å². The lowest BCUT2D eigenvalue weighted by Gasteiger charge is -2.11. The maximum Gasteiger partial charge on any atom is 0.274 e. The van der Waals surface area contributed by atoms with E-state index >= 15 is 0 Å². The number of para-hydroxylation sites is 1. The van der Waals surface area contributed by atoms with Crippen molar-refractivity contribution in [3.8, 4) is 11.5 Å². The van der Waals surface area contributed by atoms with Crippen molar-refractivity contribution in [3.63, 3.8) is 0 Å². The van der Waals surface area contributed by atoms with E-state index in [1.54, 1.807) is 42.5 Å². The highest BCUT2D eigenvalue weighted by Gasteiger charge is 2.13. The summed E-state index contributed by atoms with van der Waals surface area (Å²) in [6.07, 6.45) is 1.51. The first-order valence-corrected chi connectivity index (χ1v) is 7.51. The molecule has 0 aliphatic carbocycles. The number of nitrogens with one attached hydrogen (secondary N) is 1. The van der Waals surface area contributed by atoms with Gasteiger partial charge in [0.2, 0.25) is 0 Å². The number of benzene rings is 2. The summed E-state index contributed by atoms with van der Waals surface area (Å²) in [7, 11) is 0. The van der Waals surface area contributed by atoms with Crippen LogP contribution in [0.2, 0.25) is 5.02 Å². The number of phenols is 1. The summed E-state index contributed by atoms with van der Waals surface area (Å²) in [6, 6.07) is 14.9. The van der Waals surface area contributed by atoms with Gasteiger partial charge in [0.15, 0.2) is 6.73 Å². The number of anilines is 1. The molecule has 3 rings (SSSR count). The van der Waals surface area contributed by atoms with Crippen LogP contribution in [0.4, 0.5) is 5.69 Å². The largest absolute Gasteiger partial charge is 0.508 e. The molecule has 0 spiro atoms. The molecular formula is C17H14ClN3O3. The third-order valence-corrected chi connectivity index (χ3v) is 3.54. The zero-order valence-electron chi connectivity index (χ0n) is 12.5. The van der Waals surface area contributed by atoms with Crippen LogP contribution < -0.4 is 10.1 Å². The SMILES string of the molecule is O=C(Nc1cccc(O)c1)c1ccnn1COc1ccccc1Cl. The molecule has 0 bridgehead atoms. The van der Waals surface area contributed by atoms with Crippen molar-refractivity contribution in [2.24, 2.45) is 0 Å². The van der Waals surface area contributed by atoms with E-state index in [0.29, 0.717) is 22.2 Å². The molecule has 0 saturated carbocycles. The highest BCUT2D eigenvalue weighted by molar-refractivity contribution is 6.32. The number of aromatic nitrogens is 2. The van der Waals surface area contributed by atoms with E-state index in [1.165, 1.54) is 23.0 Å². The number of ether oxygens (including phenoxy) is 1. The van der Waals surface area contributed by atoms with Crippen LogP contribution in [0.5, 0.6) is 11.5 Å². The number of carbonyl (C=O) groups excluding carboxylic acids is 1. The Morgan fingerprint density at radius 3 is 2.83 bits per heavy atom. The van der Waals surface area contributed by atoms with E-state index in [0.717, 1.165) is 0 Å². The van der Waals surface area contributed by atoms with Gasteiger partial charge in [-0.05, 0) is 30.3 Å². The molecule has 1 heterocycles. The summed E-state index contributed by atoms with van der Waals surface area (Å²) in [5.41, 5.74) is 0.810. The van der Waals surface area contributed by atoms with Gasteiger partial charge in [0.1, 0.15) is 17.2 Å².